The van der Waals surface area contributed by atoms with Crippen LogP contribution in [0.25, 0.3) is 0 Å². The van der Waals surface area contributed by atoms with Gasteiger partial charge in [0.25, 0.3) is 0 Å². The Morgan fingerprint density at radius 2 is 1.92 bits per heavy atom. The lowest BCUT2D eigenvalue weighted by Crippen LogP contribution is -2.48. The quantitative estimate of drug-likeness (QED) is 0.841. The van der Waals surface area contributed by atoms with Crippen LogP contribution in [0.2, 0.25) is 0 Å². The van der Waals surface area contributed by atoms with Crippen LogP contribution in [0.15, 0.2) is 24.3 Å². The highest BCUT2D eigenvalue weighted by atomic mass is 19.4. The smallest absolute Gasteiger partial charge is 0.465 e. The first-order chi connectivity index (χ1) is 11.7. The van der Waals surface area contributed by atoms with E-state index >= 15 is 0 Å². The highest BCUT2D eigenvalue weighted by molar-refractivity contribution is 6.02. The molecule has 2 amide bonds. The van der Waals surface area contributed by atoms with Crippen molar-refractivity contribution in [3.05, 3.63) is 29.8 Å². The van der Waals surface area contributed by atoms with Crippen molar-refractivity contribution in [2.45, 2.75) is 19.0 Å². The summed E-state index contributed by atoms with van der Waals surface area (Å²) in [4.78, 5) is 36.0. The van der Waals surface area contributed by atoms with Crippen molar-refractivity contribution in [1.29, 1.82) is 0 Å². The highest BCUT2D eigenvalue weighted by Gasteiger charge is 2.44. The molecule has 6 nitrogen and oxygen atoms in total. The molecule has 1 saturated heterocycles. The Labute approximate surface area is 141 Å². The van der Waals surface area contributed by atoms with E-state index in [1.54, 1.807) is 12.1 Å². The Bertz CT molecular complexity index is 676. The second-order valence-electron chi connectivity index (χ2n) is 5.61. The normalized spacial score (nSPS) is 17.8. The summed E-state index contributed by atoms with van der Waals surface area (Å²) in [7, 11) is 1.20. The SMILES string of the molecule is COC(=O)c1ccccc1NC(=O)C1CCCN(C(=O)C(F)(F)F)C1. The number of nitrogens with zero attached hydrogens (tertiary/aromatic N) is 1. The summed E-state index contributed by atoms with van der Waals surface area (Å²) in [6, 6.07) is 6.14. The molecule has 1 aromatic carbocycles. The van der Waals surface area contributed by atoms with Gasteiger partial charge in [0, 0.05) is 13.1 Å². The molecule has 0 saturated carbocycles. The van der Waals surface area contributed by atoms with Crippen LogP contribution in [0.4, 0.5) is 18.9 Å². The zero-order valence-electron chi connectivity index (χ0n) is 13.4. The van der Waals surface area contributed by atoms with E-state index < -0.39 is 29.9 Å². The first-order valence-corrected chi connectivity index (χ1v) is 7.58. The topological polar surface area (TPSA) is 75.7 Å². The number of hydrogen-bond donors (Lipinski definition) is 1. The standard InChI is InChI=1S/C16H17F3N2O4/c1-25-14(23)11-6-2-3-7-12(11)20-13(22)10-5-4-8-21(9-10)15(24)16(17,18)19/h2-3,6-7,10H,4-5,8-9H2,1H3,(H,20,22). The molecule has 1 aliphatic rings. The van der Waals surface area contributed by atoms with Crippen molar-refractivity contribution in [1.82, 2.24) is 4.90 Å². The molecule has 9 heteroatoms. The number of para-hydroxylation sites is 1. The number of benzene rings is 1. The predicted octanol–water partition coefficient (Wildman–Crippen LogP) is 2.21. The van der Waals surface area contributed by atoms with Crippen LogP contribution in [0.3, 0.4) is 0 Å². The number of carbonyl (C=O) groups is 3. The average molecular weight is 358 g/mol. The highest BCUT2D eigenvalue weighted by Crippen LogP contribution is 2.25. The van der Waals surface area contributed by atoms with Gasteiger partial charge in [0.1, 0.15) is 0 Å². The van der Waals surface area contributed by atoms with Crippen molar-refractivity contribution in [3.63, 3.8) is 0 Å². The molecule has 1 aliphatic heterocycles. The summed E-state index contributed by atoms with van der Waals surface area (Å²) >= 11 is 0. The third-order valence-corrected chi connectivity index (χ3v) is 3.91. The lowest BCUT2D eigenvalue weighted by Gasteiger charge is -2.32. The molecule has 1 heterocycles. The van der Waals surface area contributed by atoms with Gasteiger partial charge in [-0.3, -0.25) is 9.59 Å². The summed E-state index contributed by atoms with van der Waals surface area (Å²) in [5, 5.41) is 2.53. The summed E-state index contributed by atoms with van der Waals surface area (Å²) in [6.07, 6.45) is -4.32. The fourth-order valence-electron chi connectivity index (χ4n) is 2.67. The van der Waals surface area contributed by atoms with Crippen LogP contribution < -0.4 is 5.32 Å². The number of nitrogens with one attached hydrogen (secondary N) is 1. The van der Waals surface area contributed by atoms with E-state index in [0.717, 1.165) is 0 Å². The number of halogens is 3. The van der Waals surface area contributed by atoms with Crippen LogP contribution in [0.5, 0.6) is 0 Å². The Balaban J connectivity index is 2.09. The number of rotatable bonds is 3. The molecule has 0 aromatic heterocycles. The maximum absolute atomic E-state index is 12.5. The first-order valence-electron chi connectivity index (χ1n) is 7.58. The molecule has 2 rings (SSSR count). The Hall–Kier alpha value is -2.58. The number of hydrogen-bond acceptors (Lipinski definition) is 4. The van der Waals surface area contributed by atoms with Gasteiger partial charge in [-0.15, -0.1) is 0 Å². The summed E-state index contributed by atoms with van der Waals surface area (Å²) in [6.45, 7) is -0.356. The third-order valence-electron chi connectivity index (χ3n) is 3.91. The van der Waals surface area contributed by atoms with Crippen LogP contribution in [-0.2, 0) is 14.3 Å². The second kappa shape index (κ2) is 7.54. The monoisotopic (exact) mass is 358 g/mol. The van der Waals surface area contributed by atoms with E-state index in [9.17, 15) is 27.6 Å². The van der Waals surface area contributed by atoms with Crippen LogP contribution in [-0.4, -0.2) is 49.1 Å². The summed E-state index contributed by atoms with van der Waals surface area (Å²) in [5.41, 5.74) is 0.344. The largest absolute Gasteiger partial charge is 0.471 e. The summed E-state index contributed by atoms with van der Waals surface area (Å²) in [5.74, 6) is -3.92. The van der Waals surface area contributed by atoms with Gasteiger partial charge in [-0.25, -0.2) is 4.79 Å². The predicted molar refractivity (Wildman–Crippen MR) is 81.8 cm³/mol. The van der Waals surface area contributed by atoms with Crippen LogP contribution in [0, 0.1) is 5.92 Å². The van der Waals surface area contributed by atoms with Gasteiger partial charge < -0.3 is 15.0 Å². The minimum absolute atomic E-state index is 0.0408. The third kappa shape index (κ3) is 4.49. The molecule has 0 aliphatic carbocycles. The van der Waals surface area contributed by atoms with Crippen molar-refractivity contribution in [2.75, 3.05) is 25.5 Å². The fraction of sp³-hybridized carbons (Fsp3) is 0.438. The van der Waals surface area contributed by atoms with E-state index in [0.29, 0.717) is 17.7 Å². The lowest BCUT2D eigenvalue weighted by atomic mass is 9.96. The molecule has 1 aromatic rings. The van der Waals surface area contributed by atoms with E-state index in [1.807, 2.05) is 0 Å². The number of alkyl halides is 3. The fourth-order valence-corrected chi connectivity index (χ4v) is 2.67. The Morgan fingerprint density at radius 3 is 2.56 bits per heavy atom. The van der Waals surface area contributed by atoms with E-state index in [-0.39, 0.29) is 24.3 Å². The van der Waals surface area contributed by atoms with Gasteiger partial charge in [0.2, 0.25) is 5.91 Å². The van der Waals surface area contributed by atoms with Gasteiger partial charge >= 0.3 is 18.1 Å². The van der Waals surface area contributed by atoms with E-state index in [4.69, 9.17) is 0 Å². The van der Waals surface area contributed by atoms with Crippen molar-refractivity contribution in [2.24, 2.45) is 5.92 Å². The number of carbonyl (C=O) groups excluding carboxylic acids is 3. The zero-order chi connectivity index (χ0) is 18.6. The maximum atomic E-state index is 12.5. The van der Waals surface area contributed by atoms with E-state index in [1.165, 1.54) is 19.2 Å². The molecular formula is C16H17F3N2O4. The Morgan fingerprint density at radius 1 is 1.24 bits per heavy atom. The number of piperidine rings is 1. The van der Waals surface area contributed by atoms with Crippen LogP contribution >= 0.6 is 0 Å². The second-order valence-corrected chi connectivity index (χ2v) is 5.61. The Kier molecular flexibility index (Phi) is 5.66. The van der Waals surface area contributed by atoms with Gasteiger partial charge in [0.05, 0.1) is 24.3 Å². The number of anilines is 1. The molecule has 0 bridgehead atoms. The van der Waals surface area contributed by atoms with E-state index in [2.05, 4.69) is 10.1 Å². The minimum Gasteiger partial charge on any atom is -0.465 e. The maximum Gasteiger partial charge on any atom is 0.471 e. The molecular weight excluding hydrogens is 341 g/mol. The average Bonchev–Trinajstić information content (AvgIpc) is 2.60. The molecule has 0 radical (unpaired) electrons. The van der Waals surface area contributed by atoms with Gasteiger partial charge in [-0.1, -0.05) is 12.1 Å². The van der Waals surface area contributed by atoms with Crippen molar-refractivity contribution < 1.29 is 32.3 Å². The number of amides is 2. The molecule has 1 fully saturated rings. The van der Waals surface area contributed by atoms with Crippen LogP contribution in [0.1, 0.15) is 23.2 Å². The lowest BCUT2D eigenvalue weighted by molar-refractivity contribution is -0.187. The van der Waals surface area contributed by atoms with Crippen molar-refractivity contribution in [3.8, 4) is 0 Å². The molecule has 1 N–H and O–H groups in total. The van der Waals surface area contributed by atoms with Crippen molar-refractivity contribution >= 4 is 23.5 Å². The number of ether oxygens (including phenoxy) is 1. The molecule has 25 heavy (non-hydrogen) atoms. The zero-order valence-corrected chi connectivity index (χ0v) is 13.4. The van der Waals surface area contributed by atoms with Gasteiger partial charge in [0.15, 0.2) is 0 Å². The van der Waals surface area contributed by atoms with Gasteiger partial charge in [-0.05, 0) is 25.0 Å². The molecule has 1 unspecified atom stereocenters. The molecule has 0 spiro atoms. The first kappa shape index (κ1) is 18.8. The summed E-state index contributed by atoms with van der Waals surface area (Å²) < 4.78 is 42.3. The number of likely N-dealkylation sites (tertiary alicyclic amines) is 1. The molecule has 1 atom stereocenters. The number of esters is 1. The van der Waals surface area contributed by atoms with Gasteiger partial charge in [-0.2, -0.15) is 13.2 Å². The minimum atomic E-state index is -4.96. The molecule has 136 valence electrons. The number of methoxy groups -OCH3 is 1.